The molecule has 3 rings (SSSR count). The van der Waals surface area contributed by atoms with Crippen LogP contribution in [0.15, 0.2) is 52.0 Å². The van der Waals surface area contributed by atoms with Gasteiger partial charge in [0, 0.05) is 29.8 Å². The Morgan fingerprint density at radius 1 is 1.11 bits per heavy atom. The third kappa shape index (κ3) is 4.80. The summed E-state index contributed by atoms with van der Waals surface area (Å²) in [5.41, 5.74) is -0.779. The molecule has 1 aliphatic rings. The predicted octanol–water partition coefficient (Wildman–Crippen LogP) is 3.81. The van der Waals surface area contributed by atoms with Crippen LogP contribution in [0.2, 0.25) is 0 Å². The number of nitrogens with zero attached hydrogens (tertiary/aromatic N) is 2. The molecule has 1 N–H and O–H groups in total. The van der Waals surface area contributed by atoms with Gasteiger partial charge >= 0.3 is 6.18 Å². The highest BCUT2D eigenvalue weighted by atomic mass is 79.9. The lowest BCUT2D eigenvalue weighted by Gasteiger charge is -2.34. The third-order valence-corrected chi connectivity index (χ3v) is 6.40. The van der Waals surface area contributed by atoms with Crippen molar-refractivity contribution in [1.82, 2.24) is 9.71 Å². The second-order valence-corrected chi connectivity index (χ2v) is 8.84. The first-order valence-corrected chi connectivity index (χ1v) is 10.5. The van der Waals surface area contributed by atoms with Gasteiger partial charge in [-0.1, -0.05) is 15.9 Å². The second kappa shape index (κ2) is 7.76. The highest BCUT2D eigenvalue weighted by molar-refractivity contribution is 9.10. The van der Waals surface area contributed by atoms with Crippen molar-refractivity contribution in [2.45, 2.75) is 30.0 Å². The van der Waals surface area contributed by atoms with Gasteiger partial charge in [0.1, 0.15) is 5.82 Å². The van der Waals surface area contributed by atoms with Crippen LogP contribution in [-0.2, 0) is 16.2 Å². The Bertz CT molecular complexity index is 896. The van der Waals surface area contributed by atoms with Gasteiger partial charge in [-0.2, -0.15) is 13.2 Å². The van der Waals surface area contributed by atoms with Gasteiger partial charge in [-0.25, -0.2) is 18.1 Å². The number of aromatic nitrogens is 1. The van der Waals surface area contributed by atoms with Crippen molar-refractivity contribution in [3.63, 3.8) is 0 Å². The number of hydrogen-bond donors (Lipinski definition) is 1. The molecule has 27 heavy (non-hydrogen) atoms. The average Bonchev–Trinajstić information content (AvgIpc) is 2.62. The summed E-state index contributed by atoms with van der Waals surface area (Å²) in [5.74, 6) is -0.112. The first-order chi connectivity index (χ1) is 12.7. The van der Waals surface area contributed by atoms with Crippen molar-refractivity contribution >= 4 is 31.8 Å². The molecule has 2 aromatic rings. The molecule has 10 heteroatoms. The van der Waals surface area contributed by atoms with Gasteiger partial charge in [0.05, 0.1) is 10.5 Å². The van der Waals surface area contributed by atoms with E-state index in [-0.39, 0.29) is 29.8 Å². The van der Waals surface area contributed by atoms with Gasteiger partial charge in [0.2, 0.25) is 10.0 Å². The van der Waals surface area contributed by atoms with Crippen molar-refractivity contribution in [3.8, 4) is 0 Å². The number of halogens is 4. The van der Waals surface area contributed by atoms with Gasteiger partial charge in [-0.3, -0.25) is 0 Å². The molecule has 0 saturated carbocycles. The zero-order valence-electron chi connectivity index (χ0n) is 14.1. The number of benzene rings is 1. The van der Waals surface area contributed by atoms with E-state index in [1.807, 2.05) is 0 Å². The first kappa shape index (κ1) is 20.1. The summed E-state index contributed by atoms with van der Waals surface area (Å²) in [5, 5.41) is 0. The summed E-state index contributed by atoms with van der Waals surface area (Å²) in [4.78, 5) is 5.59. The summed E-state index contributed by atoms with van der Waals surface area (Å²) >= 11 is 3.25. The Morgan fingerprint density at radius 2 is 1.74 bits per heavy atom. The van der Waals surface area contributed by atoms with E-state index in [9.17, 15) is 21.6 Å². The number of anilines is 1. The lowest BCUT2D eigenvalue weighted by molar-refractivity contribution is -0.137. The van der Waals surface area contributed by atoms with E-state index >= 15 is 0 Å². The van der Waals surface area contributed by atoms with Crippen molar-refractivity contribution in [1.29, 1.82) is 0 Å². The zero-order chi connectivity index (χ0) is 19.7. The van der Waals surface area contributed by atoms with E-state index in [0.29, 0.717) is 12.8 Å². The molecule has 0 unspecified atom stereocenters. The number of pyridine rings is 1. The maximum absolute atomic E-state index is 13.2. The van der Waals surface area contributed by atoms with Crippen molar-refractivity contribution in [2.75, 3.05) is 18.0 Å². The van der Waals surface area contributed by atoms with Crippen LogP contribution in [0.1, 0.15) is 18.4 Å². The molecule has 0 spiro atoms. The van der Waals surface area contributed by atoms with Gasteiger partial charge in [-0.15, -0.1) is 0 Å². The molecule has 1 aromatic heterocycles. The van der Waals surface area contributed by atoms with E-state index in [4.69, 9.17) is 0 Å². The van der Waals surface area contributed by atoms with Crippen LogP contribution in [0.3, 0.4) is 0 Å². The largest absolute Gasteiger partial charge is 0.419 e. The lowest BCUT2D eigenvalue weighted by atomic mass is 10.1. The number of nitrogens with one attached hydrogen (secondary N) is 1. The lowest BCUT2D eigenvalue weighted by Crippen LogP contribution is -2.45. The van der Waals surface area contributed by atoms with E-state index in [2.05, 4.69) is 25.6 Å². The fourth-order valence-corrected chi connectivity index (χ4v) is 4.55. The molecule has 1 aliphatic heterocycles. The molecule has 1 aromatic carbocycles. The summed E-state index contributed by atoms with van der Waals surface area (Å²) in [6.07, 6.45) is -2.37. The smallest absolute Gasteiger partial charge is 0.356 e. The van der Waals surface area contributed by atoms with Crippen LogP contribution in [0.5, 0.6) is 0 Å². The molecule has 2 heterocycles. The van der Waals surface area contributed by atoms with Crippen molar-refractivity contribution < 1.29 is 21.6 Å². The van der Waals surface area contributed by atoms with E-state index < -0.39 is 21.8 Å². The molecule has 1 fully saturated rings. The second-order valence-electron chi connectivity index (χ2n) is 6.21. The molecule has 146 valence electrons. The van der Waals surface area contributed by atoms with Crippen LogP contribution in [0, 0.1) is 0 Å². The summed E-state index contributed by atoms with van der Waals surface area (Å²) in [6, 6.07) is 8.17. The Labute approximate surface area is 163 Å². The van der Waals surface area contributed by atoms with E-state index in [0.717, 1.165) is 10.5 Å². The highest BCUT2D eigenvalue weighted by Gasteiger charge is 2.36. The molecule has 0 aliphatic carbocycles. The Hall–Kier alpha value is -1.65. The minimum Gasteiger partial charge on any atom is -0.356 e. The molecule has 0 bridgehead atoms. The fourth-order valence-electron chi connectivity index (χ4n) is 2.98. The van der Waals surface area contributed by atoms with Gasteiger partial charge in [0.25, 0.3) is 0 Å². The van der Waals surface area contributed by atoms with Crippen molar-refractivity contribution in [2.24, 2.45) is 0 Å². The average molecular weight is 464 g/mol. The molecule has 0 amide bonds. The standard InChI is InChI=1S/C17H17BrF3N3O2S/c18-12-3-5-14(6-4-12)27(25,26)23-13-7-10-24(11-8-13)16-15(17(19,20)21)2-1-9-22-16/h1-6,9,13,23H,7-8,10-11H2. The topological polar surface area (TPSA) is 62.3 Å². The van der Waals surface area contributed by atoms with E-state index in [1.165, 1.54) is 24.4 Å². The van der Waals surface area contributed by atoms with Crippen LogP contribution in [-0.4, -0.2) is 32.5 Å². The Balaban J connectivity index is 1.67. The van der Waals surface area contributed by atoms with Crippen LogP contribution in [0.4, 0.5) is 19.0 Å². The molecule has 1 saturated heterocycles. The van der Waals surface area contributed by atoms with Gasteiger partial charge < -0.3 is 4.90 Å². The van der Waals surface area contributed by atoms with Crippen LogP contribution in [0.25, 0.3) is 0 Å². The highest BCUT2D eigenvalue weighted by Crippen LogP contribution is 2.36. The monoisotopic (exact) mass is 463 g/mol. The molecule has 0 radical (unpaired) electrons. The van der Waals surface area contributed by atoms with E-state index in [1.54, 1.807) is 17.0 Å². The SMILES string of the molecule is O=S(=O)(NC1CCN(c2ncccc2C(F)(F)F)CC1)c1ccc(Br)cc1. The number of piperidine rings is 1. The number of rotatable bonds is 4. The first-order valence-electron chi connectivity index (χ1n) is 8.22. The number of hydrogen-bond acceptors (Lipinski definition) is 4. The third-order valence-electron chi connectivity index (χ3n) is 4.33. The van der Waals surface area contributed by atoms with Crippen molar-refractivity contribution in [3.05, 3.63) is 52.6 Å². The minimum atomic E-state index is -4.48. The normalized spacial score (nSPS) is 16.5. The predicted molar refractivity (Wildman–Crippen MR) is 98.9 cm³/mol. The minimum absolute atomic E-state index is 0.112. The number of alkyl halides is 3. The Morgan fingerprint density at radius 3 is 2.33 bits per heavy atom. The molecule has 0 atom stereocenters. The van der Waals surface area contributed by atoms with Crippen LogP contribution < -0.4 is 9.62 Å². The zero-order valence-corrected chi connectivity index (χ0v) is 16.5. The summed E-state index contributed by atoms with van der Waals surface area (Å²) < 4.78 is 67.8. The maximum atomic E-state index is 13.2. The quantitative estimate of drug-likeness (QED) is 0.748. The van der Waals surface area contributed by atoms with Gasteiger partial charge in [-0.05, 0) is 49.2 Å². The molecule has 5 nitrogen and oxygen atoms in total. The van der Waals surface area contributed by atoms with Gasteiger partial charge in [0.15, 0.2) is 0 Å². The number of sulfonamides is 1. The Kier molecular flexibility index (Phi) is 5.78. The van der Waals surface area contributed by atoms with Crippen LogP contribution >= 0.6 is 15.9 Å². The maximum Gasteiger partial charge on any atom is 0.419 e. The molecular formula is C17H17BrF3N3O2S. The summed E-state index contributed by atoms with van der Waals surface area (Å²) in [6.45, 7) is 0.571. The fraction of sp³-hybridized carbons (Fsp3) is 0.353. The summed E-state index contributed by atoms with van der Waals surface area (Å²) in [7, 11) is -3.68. The molecular weight excluding hydrogens is 447 g/mol.